The molecule has 0 unspecified atom stereocenters. The second-order valence-electron chi connectivity index (χ2n) is 3.26. The molecule has 1 rings (SSSR count). The summed E-state index contributed by atoms with van der Waals surface area (Å²) in [6.07, 6.45) is 2.86. The minimum absolute atomic E-state index is 0.282. The normalized spacial score (nSPS) is 28.1. The first-order valence-electron chi connectivity index (χ1n) is 4.74. The molecule has 0 radical (unpaired) electrons. The summed E-state index contributed by atoms with van der Waals surface area (Å²) in [5, 5.41) is 12.5. The lowest BCUT2D eigenvalue weighted by atomic mass is 10.1. The number of nitrogens with one attached hydrogen (secondary N) is 1. The molecular formula is C9H18N2O2. The summed E-state index contributed by atoms with van der Waals surface area (Å²) < 4.78 is 5.17. The smallest absolute Gasteiger partial charge is 0.212 e. The Kier molecular flexibility index (Phi) is 4.21. The third kappa shape index (κ3) is 3.34. The lowest BCUT2D eigenvalue weighted by molar-refractivity contribution is -0.0899. The van der Waals surface area contributed by atoms with Gasteiger partial charge < -0.3 is 20.9 Å². The highest BCUT2D eigenvalue weighted by Gasteiger charge is 2.20. The molecule has 0 fully saturated rings. The van der Waals surface area contributed by atoms with Crippen molar-refractivity contribution in [2.24, 2.45) is 5.73 Å². The molecule has 76 valence electrons. The second-order valence-corrected chi connectivity index (χ2v) is 3.26. The predicted molar refractivity (Wildman–Crippen MR) is 50.9 cm³/mol. The van der Waals surface area contributed by atoms with Gasteiger partial charge >= 0.3 is 0 Å². The molecule has 13 heavy (non-hydrogen) atoms. The van der Waals surface area contributed by atoms with Gasteiger partial charge in [-0.15, -0.1) is 0 Å². The first-order valence-corrected chi connectivity index (χ1v) is 4.74. The molecule has 0 amide bonds. The fourth-order valence-corrected chi connectivity index (χ4v) is 1.18. The number of rotatable bonds is 4. The number of aliphatic hydroxyl groups is 1. The van der Waals surface area contributed by atoms with Crippen LogP contribution in [0.3, 0.4) is 0 Å². The van der Waals surface area contributed by atoms with Crippen LogP contribution in [-0.2, 0) is 4.74 Å². The van der Waals surface area contributed by atoms with Crippen LogP contribution in [0.4, 0.5) is 0 Å². The third-order valence-corrected chi connectivity index (χ3v) is 1.98. The largest absolute Gasteiger partial charge is 0.467 e. The molecule has 0 saturated heterocycles. The molecule has 0 bridgehead atoms. The van der Waals surface area contributed by atoms with E-state index in [9.17, 15) is 5.11 Å². The van der Waals surface area contributed by atoms with E-state index >= 15 is 0 Å². The van der Waals surface area contributed by atoms with Crippen LogP contribution >= 0.6 is 0 Å². The Labute approximate surface area is 78.8 Å². The van der Waals surface area contributed by atoms with E-state index < -0.39 is 6.29 Å². The highest BCUT2D eigenvalue weighted by molar-refractivity contribution is 5.01. The zero-order valence-electron chi connectivity index (χ0n) is 7.99. The van der Waals surface area contributed by atoms with Gasteiger partial charge in [0, 0.05) is 0 Å². The molecule has 0 aliphatic carbocycles. The molecule has 4 nitrogen and oxygen atoms in total. The third-order valence-electron chi connectivity index (χ3n) is 1.98. The summed E-state index contributed by atoms with van der Waals surface area (Å²) in [5.74, 6) is 0.794. The van der Waals surface area contributed by atoms with Gasteiger partial charge in [0.2, 0.25) is 6.29 Å². The zero-order chi connectivity index (χ0) is 9.68. The standard InChI is InChI=1S/C9H18N2O2/c1-2-5-11-6-7-3-4-8(10)9(12)13-7/h3,8-9,11-12H,2,4-6,10H2,1H3/t8-,9+/m1/s1. The summed E-state index contributed by atoms with van der Waals surface area (Å²) >= 11 is 0. The predicted octanol–water partition coefficient (Wildman–Crippen LogP) is -0.0641. The van der Waals surface area contributed by atoms with Crippen molar-refractivity contribution in [2.45, 2.75) is 32.1 Å². The average Bonchev–Trinajstić information content (AvgIpc) is 2.12. The number of hydrogen-bond donors (Lipinski definition) is 3. The Balaban J connectivity index is 2.27. The van der Waals surface area contributed by atoms with E-state index in [2.05, 4.69) is 12.2 Å². The maximum atomic E-state index is 9.29. The molecule has 0 aromatic carbocycles. The van der Waals surface area contributed by atoms with Gasteiger partial charge in [-0.1, -0.05) is 6.92 Å². The zero-order valence-corrected chi connectivity index (χ0v) is 7.99. The topological polar surface area (TPSA) is 67.5 Å². The van der Waals surface area contributed by atoms with E-state index in [1.54, 1.807) is 0 Å². The van der Waals surface area contributed by atoms with Crippen molar-refractivity contribution < 1.29 is 9.84 Å². The molecule has 0 aromatic heterocycles. The van der Waals surface area contributed by atoms with Gasteiger partial charge in [-0.25, -0.2) is 0 Å². The van der Waals surface area contributed by atoms with Crippen molar-refractivity contribution in [3.8, 4) is 0 Å². The first-order chi connectivity index (χ1) is 6.24. The van der Waals surface area contributed by atoms with Gasteiger partial charge in [-0.05, 0) is 25.5 Å². The van der Waals surface area contributed by atoms with Gasteiger partial charge in [0.25, 0.3) is 0 Å². The van der Waals surface area contributed by atoms with Crippen LogP contribution in [0, 0.1) is 0 Å². The van der Waals surface area contributed by atoms with Crippen molar-refractivity contribution in [3.63, 3.8) is 0 Å². The van der Waals surface area contributed by atoms with Crippen LogP contribution in [-0.4, -0.2) is 30.5 Å². The Morgan fingerprint density at radius 1 is 1.77 bits per heavy atom. The molecule has 4 N–H and O–H groups in total. The molecule has 0 aromatic rings. The minimum Gasteiger partial charge on any atom is -0.467 e. The molecular weight excluding hydrogens is 168 g/mol. The van der Waals surface area contributed by atoms with Crippen LogP contribution in [0.25, 0.3) is 0 Å². The van der Waals surface area contributed by atoms with Gasteiger partial charge in [0.15, 0.2) is 0 Å². The number of hydrogen-bond acceptors (Lipinski definition) is 4. The van der Waals surface area contributed by atoms with E-state index in [4.69, 9.17) is 10.5 Å². The van der Waals surface area contributed by atoms with Gasteiger partial charge in [-0.2, -0.15) is 0 Å². The van der Waals surface area contributed by atoms with Crippen molar-refractivity contribution in [2.75, 3.05) is 13.1 Å². The van der Waals surface area contributed by atoms with Crippen LogP contribution in [0.1, 0.15) is 19.8 Å². The molecule has 1 heterocycles. The van der Waals surface area contributed by atoms with Crippen LogP contribution in [0.2, 0.25) is 0 Å². The SMILES string of the molecule is CCCNCC1=CC[C@@H](N)[C@@H](O)O1. The number of ether oxygens (including phenoxy) is 1. The first kappa shape index (κ1) is 10.5. The van der Waals surface area contributed by atoms with Crippen LogP contribution < -0.4 is 11.1 Å². The van der Waals surface area contributed by atoms with Gasteiger partial charge in [0.05, 0.1) is 12.6 Å². The molecule has 2 atom stereocenters. The number of aliphatic hydroxyl groups excluding tert-OH is 1. The monoisotopic (exact) mass is 186 g/mol. The van der Waals surface area contributed by atoms with Crippen molar-refractivity contribution in [1.82, 2.24) is 5.32 Å². The van der Waals surface area contributed by atoms with Crippen LogP contribution in [0.5, 0.6) is 0 Å². The Morgan fingerprint density at radius 2 is 2.54 bits per heavy atom. The molecule has 0 saturated carbocycles. The molecule has 4 heteroatoms. The van der Waals surface area contributed by atoms with Crippen molar-refractivity contribution in [1.29, 1.82) is 0 Å². The van der Waals surface area contributed by atoms with E-state index in [1.807, 2.05) is 6.08 Å². The fraction of sp³-hybridized carbons (Fsp3) is 0.778. The second kappa shape index (κ2) is 5.21. The Bertz CT molecular complexity index is 182. The maximum Gasteiger partial charge on any atom is 0.212 e. The molecule has 0 spiro atoms. The van der Waals surface area contributed by atoms with Crippen LogP contribution in [0.15, 0.2) is 11.8 Å². The van der Waals surface area contributed by atoms with E-state index in [-0.39, 0.29) is 6.04 Å². The Hall–Kier alpha value is -0.580. The molecule has 1 aliphatic rings. The summed E-state index contributed by atoms with van der Waals surface area (Å²) in [5.41, 5.74) is 5.56. The van der Waals surface area contributed by atoms with Crippen molar-refractivity contribution in [3.05, 3.63) is 11.8 Å². The van der Waals surface area contributed by atoms with E-state index in [0.717, 1.165) is 18.7 Å². The van der Waals surface area contributed by atoms with Gasteiger partial charge in [-0.3, -0.25) is 0 Å². The van der Waals surface area contributed by atoms with Gasteiger partial charge in [0.1, 0.15) is 5.76 Å². The van der Waals surface area contributed by atoms with E-state index in [0.29, 0.717) is 13.0 Å². The quantitative estimate of drug-likeness (QED) is 0.538. The fourth-order valence-electron chi connectivity index (χ4n) is 1.18. The van der Waals surface area contributed by atoms with E-state index in [1.165, 1.54) is 0 Å². The summed E-state index contributed by atoms with van der Waals surface area (Å²) in [6.45, 7) is 3.74. The summed E-state index contributed by atoms with van der Waals surface area (Å²) in [4.78, 5) is 0. The summed E-state index contributed by atoms with van der Waals surface area (Å²) in [6, 6.07) is -0.282. The minimum atomic E-state index is -0.844. The molecule has 1 aliphatic heterocycles. The average molecular weight is 186 g/mol. The lowest BCUT2D eigenvalue weighted by Crippen LogP contribution is -2.39. The highest BCUT2D eigenvalue weighted by atomic mass is 16.6. The number of nitrogens with two attached hydrogens (primary N) is 1. The summed E-state index contributed by atoms with van der Waals surface area (Å²) in [7, 11) is 0. The Morgan fingerprint density at radius 3 is 3.15 bits per heavy atom. The lowest BCUT2D eigenvalue weighted by Gasteiger charge is -2.25. The van der Waals surface area contributed by atoms with Crippen molar-refractivity contribution >= 4 is 0 Å². The maximum absolute atomic E-state index is 9.29. The highest BCUT2D eigenvalue weighted by Crippen LogP contribution is 2.13.